The SMILES string of the molecule is CCc1ccc(OCc2ccc([N+](=O)[O-])c(N)c2)cc1. The van der Waals surface area contributed by atoms with Gasteiger partial charge in [0.15, 0.2) is 0 Å². The fourth-order valence-electron chi connectivity index (χ4n) is 1.85. The highest BCUT2D eigenvalue weighted by Crippen LogP contribution is 2.23. The third kappa shape index (κ3) is 3.26. The second kappa shape index (κ2) is 6.06. The van der Waals surface area contributed by atoms with Crippen molar-refractivity contribution in [2.45, 2.75) is 20.0 Å². The summed E-state index contributed by atoms with van der Waals surface area (Å²) in [5, 5.41) is 10.7. The monoisotopic (exact) mass is 272 g/mol. The molecule has 0 bridgehead atoms. The van der Waals surface area contributed by atoms with Crippen LogP contribution in [0, 0.1) is 10.1 Å². The van der Waals surface area contributed by atoms with Gasteiger partial charge < -0.3 is 10.5 Å². The van der Waals surface area contributed by atoms with E-state index in [1.54, 1.807) is 12.1 Å². The third-order valence-corrected chi connectivity index (χ3v) is 3.03. The Morgan fingerprint density at radius 1 is 1.15 bits per heavy atom. The van der Waals surface area contributed by atoms with Crippen LogP contribution in [0.2, 0.25) is 0 Å². The Kier molecular flexibility index (Phi) is 4.20. The number of nitrogens with zero attached hydrogens (tertiary/aromatic N) is 1. The Morgan fingerprint density at radius 3 is 2.35 bits per heavy atom. The van der Waals surface area contributed by atoms with Crippen LogP contribution in [-0.4, -0.2) is 4.92 Å². The largest absolute Gasteiger partial charge is 0.489 e. The number of benzene rings is 2. The van der Waals surface area contributed by atoms with Crippen molar-refractivity contribution in [3.05, 3.63) is 63.7 Å². The van der Waals surface area contributed by atoms with Crippen LogP contribution in [0.3, 0.4) is 0 Å². The third-order valence-electron chi connectivity index (χ3n) is 3.03. The molecule has 0 radical (unpaired) electrons. The highest BCUT2D eigenvalue weighted by atomic mass is 16.6. The maximum absolute atomic E-state index is 10.7. The van der Waals surface area contributed by atoms with Gasteiger partial charge in [-0.25, -0.2) is 0 Å². The van der Waals surface area contributed by atoms with E-state index >= 15 is 0 Å². The Morgan fingerprint density at radius 2 is 1.80 bits per heavy atom. The zero-order valence-corrected chi connectivity index (χ0v) is 11.2. The van der Waals surface area contributed by atoms with E-state index < -0.39 is 4.92 Å². The van der Waals surface area contributed by atoms with Gasteiger partial charge in [0.05, 0.1) is 4.92 Å². The molecule has 0 aliphatic carbocycles. The number of nitro groups is 1. The fourth-order valence-corrected chi connectivity index (χ4v) is 1.85. The van der Waals surface area contributed by atoms with E-state index in [9.17, 15) is 10.1 Å². The zero-order chi connectivity index (χ0) is 14.5. The molecule has 2 rings (SSSR count). The molecule has 2 aromatic carbocycles. The first kappa shape index (κ1) is 13.9. The number of ether oxygens (including phenoxy) is 1. The summed E-state index contributed by atoms with van der Waals surface area (Å²) in [6.07, 6.45) is 0.985. The van der Waals surface area contributed by atoms with Crippen molar-refractivity contribution in [2.24, 2.45) is 0 Å². The molecule has 0 amide bonds. The van der Waals surface area contributed by atoms with E-state index in [4.69, 9.17) is 10.5 Å². The van der Waals surface area contributed by atoms with Crippen LogP contribution >= 0.6 is 0 Å². The van der Waals surface area contributed by atoms with Crippen molar-refractivity contribution < 1.29 is 9.66 Å². The van der Waals surface area contributed by atoms with E-state index in [0.717, 1.165) is 17.7 Å². The van der Waals surface area contributed by atoms with Crippen molar-refractivity contribution in [2.75, 3.05) is 5.73 Å². The first-order valence-corrected chi connectivity index (χ1v) is 6.34. The van der Waals surface area contributed by atoms with Crippen molar-refractivity contribution in [1.29, 1.82) is 0 Å². The molecule has 0 atom stereocenters. The molecule has 0 aliphatic rings. The minimum Gasteiger partial charge on any atom is -0.489 e. The molecule has 104 valence electrons. The van der Waals surface area contributed by atoms with Crippen LogP contribution in [0.25, 0.3) is 0 Å². The average molecular weight is 272 g/mol. The molecule has 0 spiro atoms. The topological polar surface area (TPSA) is 78.4 Å². The Balaban J connectivity index is 2.03. The lowest BCUT2D eigenvalue weighted by molar-refractivity contribution is -0.383. The molecule has 0 fully saturated rings. The summed E-state index contributed by atoms with van der Waals surface area (Å²) < 4.78 is 5.62. The van der Waals surface area contributed by atoms with Crippen LogP contribution in [0.1, 0.15) is 18.1 Å². The van der Waals surface area contributed by atoms with Crippen LogP contribution < -0.4 is 10.5 Å². The molecule has 0 saturated carbocycles. The first-order chi connectivity index (χ1) is 9.60. The van der Waals surface area contributed by atoms with E-state index in [-0.39, 0.29) is 11.4 Å². The summed E-state index contributed by atoms with van der Waals surface area (Å²) in [6.45, 7) is 2.42. The summed E-state index contributed by atoms with van der Waals surface area (Å²) >= 11 is 0. The highest BCUT2D eigenvalue weighted by Gasteiger charge is 2.11. The summed E-state index contributed by atoms with van der Waals surface area (Å²) in [6, 6.07) is 12.5. The van der Waals surface area contributed by atoms with Gasteiger partial charge in [0.25, 0.3) is 5.69 Å². The second-order valence-corrected chi connectivity index (χ2v) is 4.44. The van der Waals surface area contributed by atoms with Gasteiger partial charge in [0.2, 0.25) is 0 Å². The number of nitrogen functional groups attached to an aromatic ring is 1. The van der Waals surface area contributed by atoms with Gasteiger partial charge in [-0.15, -0.1) is 0 Å². The van der Waals surface area contributed by atoms with Gasteiger partial charge in [-0.2, -0.15) is 0 Å². The van der Waals surface area contributed by atoms with E-state index in [1.165, 1.54) is 11.6 Å². The van der Waals surface area contributed by atoms with Crippen molar-refractivity contribution in [3.8, 4) is 5.75 Å². The molecular formula is C15H16N2O3. The molecule has 2 aromatic rings. The fraction of sp³-hybridized carbons (Fsp3) is 0.200. The van der Waals surface area contributed by atoms with Gasteiger partial charge in [0.1, 0.15) is 18.0 Å². The molecule has 20 heavy (non-hydrogen) atoms. The Hall–Kier alpha value is -2.56. The lowest BCUT2D eigenvalue weighted by atomic mass is 10.1. The Bertz CT molecular complexity index is 609. The molecule has 5 heteroatoms. The lowest BCUT2D eigenvalue weighted by Crippen LogP contribution is -2.00. The molecule has 0 aliphatic heterocycles. The smallest absolute Gasteiger partial charge is 0.292 e. The van der Waals surface area contributed by atoms with Gasteiger partial charge >= 0.3 is 0 Å². The molecular weight excluding hydrogens is 256 g/mol. The van der Waals surface area contributed by atoms with E-state index in [0.29, 0.717) is 6.61 Å². The number of hydrogen-bond acceptors (Lipinski definition) is 4. The number of nitrogens with two attached hydrogens (primary N) is 1. The summed E-state index contributed by atoms with van der Waals surface area (Å²) in [5.41, 5.74) is 7.75. The molecule has 0 saturated heterocycles. The predicted molar refractivity (Wildman–Crippen MR) is 77.7 cm³/mol. The van der Waals surface area contributed by atoms with Gasteiger partial charge in [-0.1, -0.05) is 19.1 Å². The van der Waals surface area contributed by atoms with Crippen LogP contribution in [0.5, 0.6) is 5.75 Å². The van der Waals surface area contributed by atoms with Gasteiger partial charge in [0, 0.05) is 6.07 Å². The van der Waals surface area contributed by atoms with Crippen molar-refractivity contribution >= 4 is 11.4 Å². The number of anilines is 1. The van der Waals surface area contributed by atoms with Crippen molar-refractivity contribution in [1.82, 2.24) is 0 Å². The van der Waals surface area contributed by atoms with Crippen LogP contribution in [0.15, 0.2) is 42.5 Å². The second-order valence-electron chi connectivity index (χ2n) is 4.44. The molecule has 0 aromatic heterocycles. The maximum Gasteiger partial charge on any atom is 0.292 e. The summed E-state index contributed by atoms with van der Waals surface area (Å²) in [5.74, 6) is 0.763. The molecule has 0 unspecified atom stereocenters. The highest BCUT2D eigenvalue weighted by molar-refractivity contribution is 5.59. The lowest BCUT2D eigenvalue weighted by Gasteiger charge is -2.07. The first-order valence-electron chi connectivity index (χ1n) is 6.34. The number of aryl methyl sites for hydroxylation is 1. The summed E-state index contributed by atoms with van der Waals surface area (Å²) in [4.78, 5) is 10.2. The minimum atomic E-state index is -0.497. The number of nitro benzene ring substituents is 1. The van der Waals surface area contributed by atoms with E-state index in [2.05, 4.69) is 6.92 Å². The zero-order valence-electron chi connectivity index (χ0n) is 11.2. The quantitative estimate of drug-likeness (QED) is 0.514. The molecule has 5 nitrogen and oxygen atoms in total. The van der Waals surface area contributed by atoms with Gasteiger partial charge in [-0.05, 0) is 41.8 Å². The van der Waals surface area contributed by atoms with E-state index in [1.807, 2.05) is 24.3 Å². The average Bonchev–Trinajstić information content (AvgIpc) is 2.45. The minimum absolute atomic E-state index is 0.0824. The normalized spacial score (nSPS) is 10.2. The Labute approximate surface area is 117 Å². The van der Waals surface area contributed by atoms with Crippen LogP contribution in [0.4, 0.5) is 11.4 Å². The van der Waals surface area contributed by atoms with Gasteiger partial charge in [-0.3, -0.25) is 10.1 Å². The van der Waals surface area contributed by atoms with Crippen molar-refractivity contribution in [3.63, 3.8) is 0 Å². The maximum atomic E-state index is 10.7. The van der Waals surface area contributed by atoms with Crippen LogP contribution in [-0.2, 0) is 13.0 Å². The molecule has 2 N–H and O–H groups in total. The summed E-state index contributed by atoms with van der Waals surface area (Å²) in [7, 11) is 0. The number of rotatable bonds is 5. The number of hydrogen-bond donors (Lipinski definition) is 1. The standard InChI is InChI=1S/C15H16N2O3/c1-2-11-3-6-13(7-4-11)20-10-12-5-8-15(17(18)19)14(16)9-12/h3-9H,2,10,16H2,1H3. The molecule has 0 heterocycles. The predicted octanol–water partition coefficient (Wildman–Crippen LogP) is 3.32.